The molecule has 4 nitrogen and oxygen atoms in total. The minimum absolute atomic E-state index is 0.0756. The van der Waals surface area contributed by atoms with Crippen molar-refractivity contribution in [2.24, 2.45) is 23.7 Å². The molecule has 0 aromatic carbocycles. The molecule has 1 saturated heterocycles. The number of likely N-dealkylation sites (tertiary alicyclic amines) is 1. The van der Waals surface area contributed by atoms with E-state index in [1.165, 1.54) is 0 Å². The highest BCUT2D eigenvalue weighted by molar-refractivity contribution is 6.35. The van der Waals surface area contributed by atoms with Crippen molar-refractivity contribution < 1.29 is 9.53 Å². The standard InChI is InChI=1S/C18H22Cl2N2O2/c1-3-24-18(23)17-11(2)4-5-12-8-22(9-13(12)17)10-14-15(19)6-21-7-16(14)20/h4-7,11-13,17H,3,8-10H2,1-2H3/t11-,12-,13-,17-/m0/s1. The molecule has 0 bridgehead atoms. The topological polar surface area (TPSA) is 42.4 Å². The molecule has 4 atom stereocenters. The first-order valence-electron chi connectivity index (χ1n) is 8.36. The van der Waals surface area contributed by atoms with Gasteiger partial charge < -0.3 is 4.74 Å². The van der Waals surface area contributed by atoms with Crippen LogP contribution < -0.4 is 0 Å². The Hall–Kier alpha value is -1.10. The summed E-state index contributed by atoms with van der Waals surface area (Å²) in [6.45, 7) is 6.79. The van der Waals surface area contributed by atoms with Gasteiger partial charge in [0.05, 0.1) is 22.6 Å². The Morgan fingerprint density at radius 3 is 2.67 bits per heavy atom. The zero-order valence-electron chi connectivity index (χ0n) is 13.9. The number of halogens is 2. The first kappa shape index (κ1) is 17.7. The summed E-state index contributed by atoms with van der Waals surface area (Å²) in [5.74, 6) is 0.705. The maximum atomic E-state index is 12.4. The van der Waals surface area contributed by atoms with Gasteiger partial charge in [0.25, 0.3) is 0 Å². The van der Waals surface area contributed by atoms with Gasteiger partial charge >= 0.3 is 5.97 Å². The van der Waals surface area contributed by atoms with E-state index in [2.05, 4.69) is 29.0 Å². The van der Waals surface area contributed by atoms with Gasteiger partial charge in [0.1, 0.15) is 0 Å². The normalized spacial score (nSPS) is 29.5. The Morgan fingerprint density at radius 1 is 1.29 bits per heavy atom. The molecule has 1 fully saturated rings. The van der Waals surface area contributed by atoms with Crippen LogP contribution in [0, 0.1) is 23.7 Å². The fraction of sp³-hybridized carbons (Fsp3) is 0.556. The van der Waals surface area contributed by atoms with Crippen molar-refractivity contribution in [2.75, 3.05) is 19.7 Å². The lowest BCUT2D eigenvalue weighted by molar-refractivity contribution is -0.152. The van der Waals surface area contributed by atoms with E-state index >= 15 is 0 Å². The molecule has 130 valence electrons. The Labute approximate surface area is 152 Å². The molecule has 0 N–H and O–H groups in total. The average molecular weight is 369 g/mol. The van der Waals surface area contributed by atoms with Crippen molar-refractivity contribution in [3.63, 3.8) is 0 Å². The third-order valence-corrected chi connectivity index (χ3v) is 5.72. The van der Waals surface area contributed by atoms with Gasteiger partial charge in [-0.25, -0.2) is 0 Å². The van der Waals surface area contributed by atoms with Crippen molar-refractivity contribution in [3.05, 3.63) is 40.2 Å². The van der Waals surface area contributed by atoms with Crippen molar-refractivity contribution >= 4 is 29.2 Å². The van der Waals surface area contributed by atoms with Crippen molar-refractivity contribution in [2.45, 2.75) is 20.4 Å². The molecule has 1 aliphatic carbocycles. The average Bonchev–Trinajstić information content (AvgIpc) is 2.93. The molecule has 0 amide bonds. The quantitative estimate of drug-likeness (QED) is 0.598. The van der Waals surface area contributed by atoms with E-state index in [9.17, 15) is 4.79 Å². The third-order valence-electron chi connectivity index (χ3n) is 5.07. The number of esters is 1. The van der Waals surface area contributed by atoms with E-state index < -0.39 is 0 Å². The highest BCUT2D eigenvalue weighted by Gasteiger charge is 2.44. The van der Waals surface area contributed by atoms with Gasteiger partial charge in [0.2, 0.25) is 0 Å². The molecule has 0 radical (unpaired) electrons. The summed E-state index contributed by atoms with van der Waals surface area (Å²) >= 11 is 12.5. The molecular formula is C18H22Cl2N2O2. The van der Waals surface area contributed by atoms with E-state index in [-0.39, 0.29) is 23.7 Å². The highest BCUT2D eigenvalue weighted by Crippen LogP contribution is 2.41. The minimum Gasteiger partial charge on any atom is -0.466 e. The number of aromatic nitrogens is 1. The molecule has 0 unspecified atom stereocenters. The summed E-state index contributed by atoms with van der Waals surface area (Å²) in [6, 6.07) is 0. The Bertz CT molecular complexity index is 630. The molecular weight excluding hydrogens is 347 g/mol. The number of hydrogen-bond acceptors (Lipinski definition) is 4. The zero-order chi connectivity index (χ0) is 17.3. The third kappa shape index (κ3) is 3.46. The Morgan fingerprint density at radius 2 is 2.00 bits per heavy atom. The van der Waals surface area contributed by atoms with Crippen LogP contribution >= 0.6 is 23.2 Å². The van der Waals surface area contributed by atoms with E-state index in [0.29, 0.717) is 29.1 Å². The number of allylic oxidation sites excluding steroid dienone is 1. The van der Waals surface area contributed by atoms with Gasteiger partial charge in [-0.15, -0.1) is 0 Å². The van der Waals surface area contributed by atoms with E-state index in [1.807, 2.05) is 6.92 Å². The fourth-order valence-electron chi connectivity index (χ4n) is 3.92. The molecule has 6 heteroatoms. The molecule has 1 aromatic rings. The lowest BCUT2D eigenvalue weighted by atomic mass is 9.72. The summed E-state index contributed by atoms with van der Waals surface area (Å²) in [6.07, 6.45) is 7.64. The molecule has 24 heavy (non-hydrogen) atoms. The van der Waals surface area contributed by atoms with Crippen LogP contribution in [0.25, 0.3) is 0 Å². The number of rotatable bonds is 4. The number of ether oxygens (including phenoxy) is 1. The molecule has 0 saturated carbocycles. The molecule has 3 rings (SSSR count). The largest absolute Gasteiger partial charge is 0.466 e. The van der Waals surface area contributed by atoms with Crippen LogP contribution in [0.1, 0.15) is 19.4 Å². The lowest BCUT2D eigenvalue weighted by Gasteiger charge is -2.32. The Kier molecular flexibility index (Phi) is 5.48. The summed E-state index contributed by atoms with van der Waals surface area (Å²) in [7, 11) is 0. The second kappa shape index (κ2) is 7.42. The highest BCUT2D eigenvalue weighted by atomic mass is 35.5. The zero-order valence-corrected chi connectivity index (χ0v) is 15.4. The van der Waals surface area contributed by atoms with Crippen LogP contribution in [0.3, 0.4) is 0 Å². The van der Waals surface area contributed by atoms with Gasteiger partial charge in [-0.2, -0.15) is 0 Å². The maximum Gasteiger partial charge on any atom is 0.309 e. The van der Waals surface area contributed by atoms with Crippen LogP contribution in [0.4, 0.5) is 0 Å². The minimum atomic E-state index is -0.0776. The molecule has 2 heterocycles. The van der Waals surface area contributed by atoms with Gasteiger partial charge in [-0.3, -0.25) is 14.7 Å². The molecule has 2 aliphatic rings. The monoisotopic (exact) mass is 368 g/mol. The second-order valence-electron chi connectivity index (χ2n) is 6.63. The fourth-order valence-corrected chi connectivity index (χ4v) is 4.41. The smallest absolute Gasteiger partial charge is 0.309 e. The number of carbonyl (C=O) groups is 1. The van der Waals surface area contributed by atoms with Crippen LogP contribution in [0.2, 0.25) is 10.0 Å². The van der Waals surface area contributed by atoms with E-state index in [4.69, 9.17) is 27.9 Å². The van der Waals surface area contributed by atoms with Crippen LogP contribution in [-0.2, 0) is 16.1 Å². The van der Waals surface area contributed by atoms with Gasteiger partial charge in [-0.1, -0.05) is 42.3 Å². The van der Waals surface area contributed by atoms with E-state index in [1.54, 1.807) is 12.4 Å². The molecule has 0 spiro atoms. The predicted molar refractivity (Wildman–Crippen MR) is 94.9 cm³/mol. The van der Waals surface area contributed by atoms with Crippen molar-refractivity contribution in [3.8, 4) is 0 Å². The van der Waals surface area contributed by atoms with Crippen molar-refractivity contribution in [1.82, 2.24) is 9.88 Å². The van der Waals surface area contributed by atoms with Crippen molar-refractivity contribution in [1.29, 1.82) is 0 Å². The first-order chi connectivity index (χ1) is 11.5. The van der Waals surface area contributed by atoms with Gasteiger partial charge in [0.15, 0.2) is 0 Å². The predicted octanol–water partition coefficient (Wildman–Crippen LogP) is 3.82. The van der Waals surface area contributed by atoms with Gasteiger partial charge in [-0.05, 0) is 24.7 Å². The number of carbonyl (C=O) groups excluding carboxylic acids is 1. The van der Waals surface area contributed by atoms with E-state index in [0.717, 1.165) is 18.7 Å². The second-order valence-corrected chi connectivity index (χ2v) is 7.44. The number of pyridine rings is 1. The summed E-state index contributed by atoms with van der Waals surface area (Å²) in [5.41, 5.74) is 0.900. The molecule has 1 aromatic heterocycles. The summed E-state index contributed by atoms with van der Waals surface area (Å²) < 4.78 is 5.31. The van der Waals surface area contributed by atoms with Crippen LogP contribution in [-0.4, -0.2) is 35.5 Å². The number of fused-ring (bicyclic) bond motifs is 1. The van der Waals surface area contributed by atoms with Crippen LogP contribution in [0.5, 0.6) is 0 Å². The van der Waals surface area contributed by atoms with Gasteiger partial charge in [0, 0.05) is 37.6 Å². The first-order valence-corrected chi connectivity index (χ1v) is 9.12. The Balaban J connectivity index is 1.76. The lowest BCUT2D eigenvalue weighted by Crippen LogP contribution is -2.37. The summed E-state index contributed by atoms with van der Waals surface area (Å²) in [5, 5.41) is 1.17. The maximum absolute atomic E-state index is 12.4. The number of nitrogens with zero attached hydrogens (tertiary/aromatic N) is 2. The summed E-state index contributed by atoms with van der Waals surface area (Å²) in [4.78, 5) is 18.7. The molecule has 1 aliphatic heterocycles. The SMILES string of the molecule is CCOC(=O)[C@@H]1[C@H]2CN(Cc3c(Cl)cncc3Cl)C[C@@H]2C=C[C@@H]1C. The van der Waals surface area contributed by atoms with Crippen LogP contribution in [0.15, 0.2) is 24.5 Å². The number of hydrogen-bond donors (Lipinski definition) is 0.